The van der Waals surface area contributed by atoms with Gasteiger partial charge >= 0.3 is 0 Å². The Morgan fingerprint density at radius 1 is 1.31 bits per heavy atom. The molecule has 2 heterocycles. The van der Waals surface area contributed by atoms with Crippen LogP contribution in [0.5, 0.6) is 0 Å². The zero-order chi connectivity index (χ0) is 18.2. The summed E-state index contributed by atoms with van der Waals surface area (Å²) in [4.78, 5) is 5.91. The van der Waals surface area contributed by atoms with E-state index < -0.39 is 0 Å². The maximum atomic E-state index is 4.40. The molecule has 0 radical (unpaired) electrons. The molecular formula is C19H30N6S. The van der Waals surface area contributed by atoms with Crippen LogP contribution < -0.4 is 10.6 Å². The third-order valence-corrected chi connectivity index (χ3v) is 6.45. The fourth-order valence-electron chi connectivity index (χ4n) is 3.83. The second-order valence-electron chi connectivity index (χ2n) is 6.96. The fraction of sp³-hybridized carbons (Fsp3) is 0.632. The van der Waals surface area contributed by atoms with Crippen molar-refractivity contribution in [3.8, 4) is 0 Å². The van der Waals surface area contributed by atoms with E-state index in [0.29, 0.717) is 0 Å². The molecule has 1 saturated carbocycles. The summed E-state index contributed by atoms with van der Waals surface area (Å²) >= 11 is 1.89. The highest BCUT2D eigenvalue weighted by Gasteiger charge is 2.34. The molecule has 0 bridgehead atoms. The van der Waals surface area contributed by atoms with Gasteiger partial charge in [0.2, 0.25) is 0 Å². The van der Waals surface area contributed by atoms with Crippen molar-refractivity contribution in [2.24, 2.45) is 4.99 Å². The lowest BCUT2D eigenvalue weighted by atomic mass is 9.73. The maximum Gasteiger partial charge on any atom is 0.191 e. The molecule has 6 nitrogen and oxygen atoms in total. The van der Waals surface area contributed by atoms with Crippen LogP contribution in [-0.2, 0) is 18.4 Å². The quantitative estimate of drug-likeness (QED) is 0.578. The van der Waals surface area contributed by atoms with Crippen LogP contribution in [0.4, 0.5) is 0 Å². The Morgan fingerprint density at radius 3 is 2.85 bits per heavy atom. The van der Waals surface area contributed by atoms with Gasteiger partial charge in [0.1, 0.15) is 12.2 Å². The minimum atomic E-state index is 0.258. The summed E-state index contributed by atoms with van der Waals surface area (Å²) in [5.74, 6) is 1.89. The van der Waals surface area contributed by atoms with Crippen molar-refractivity contribution in [1.82, 2.24) is 25.4 Å². The van der Waals surface area contributed by atoms with Gasteiger partial charge < -0.3 is 15.2 Å². The highest BCUT2D eigenvalue weighted by atomic mass is 32.1. The molecule has 0 aliphatic heterocycles. The largest absolute Gasteiger partial charge is 0.355 e. The van der Waals surface area contributed by atoms with Crippen LogP contribution >= 0.6 is 11.3 Å². The molecule has 0 amide bonds. The Labute approximate surface area is 160 Å². The van der Waals surface area contributed by atoms with E-state index in [-0.39, 0.29) is 5.41 Å². The predicted octanol–water partition coefficient (Wildman–Crippen LogP) is 2.97. The van der Waals surface area contributed by atoms with Crippen molar-refractivity contribution in [1.29, 1.82) is 0 Å². The van der Waals surface area contributed by atoms with Gasteiger partial charge in [-0.15, -0.1) is 21.5 Å². The monoisotopic (exact) mass is 374 g/mol. The minimum absolute atomic E-state index is 0.258. The number of aryl methyl sites for hydroxylation is 1. The first-order valence-electron chi connectivity index (χ1n) is 9.62. The average Bonchev–Trinajstić information content (AvgIpc) is 3.37. The number of hydrogen-bond acceptors (Lipinski definition) is 4. The number of hydrogen-bond donors (Lipinski definition) is 2. The number of aliphatic imine (C=N–C) groups is 1. The number of nitrogens with zero attached hydrogens (tertiary/aromatic N) is 4. The van der Waals surface area contributed by atoms with Crippen molar-refractivity contribution < 1.29 is 0 Å². The summed E-state index contributed by atoms with van der Waals surface area (Å²) in [5, 5.41) is 17.3. The molecule has 0 unspecified atom stereocenters. The first-order chi connectivity index (χ1) is 12.8. The number of nitrogens with one attached hydrogen (secondary N) is 2. The molecule has 0 atom stereocenters. The summed E-state index contributed by atoms with van der Waals surface area (Å²) in [6.45, 7) is 4.69. The zero-order valence-corrected chi connectivity index (χ0v) is 16.7. The molecule has 1 fully saturated rings. The fourth-order valence-corrected chi connectivity index (χ4v) is 4.81. The first-order valence-corrected chi connectivity index (χ1v) is 10.5. The van der Waals surface area contributed by atoms with E-state index in [1.54, 1.807) is 6.33 Å². The molecule has 26 heavy (non-hydrogen) atoms. The van der Waals surface area contributed by atoms with E-state index in [4.69, 9.17) is 0 Å². The SMILES string of the molecule is CCc1nncn1CCNC(=NC)NCC1(c2cccs2)CCCCC1. The molecule has 142 valence electrons. The molecule has 2 aromatic rings. The van der Waals surface area contributed by atoms with E-state index in [2.05, 4.69) is 54.8 Å². The van der Waals surface area contributed by atoms with Gasteiger partial charge in [-0.2, -0.15) is 0 Å². The smallest absolute Gasteiger partial charge is 0.191 e. The van der Waals surface area contributed by atoms with Crippen LogP contribution in [-0.4, -0.2) is 40.9 Å². The number of thiophene rings is 1. The summed E-state index contributed by atoms with van der Waals surface area (Å²) in [5.41, 5.74) is 0.258. The van der Waals surface area contributed by atoms with Gasteiger partial charge in [0.25, 0.3) is 0 Å². The third-order valence-electron chi connectivity index (χ3n) is 5.33. The van der Waals surface area contributed by atoms with Gasteiger partial charge in [-0.1, -0.05) is 32.3 Å². The van der Waals surface area contributed by atoms with Crippen LogP contribution in [0, 0.1) is 0 Å². The van der Waals surface area contributed by atoms with Crippen molar-refractivity contribution >= 4 is 17.3 Å². The van der Waals surface area contributed by atoms with Gasteiger partial charge in [0.05, 0.1) is 0 Å². The van der Waals surface area contributed by atoms with Crippen LogP contribution in [0.15, 0.2) is 28.8 Å². The highest BCUT2D eigenvalue weighted by molar-refractivity contribution is 7.10. The lowest BCUT2D eigenvalue weighted by Crippen LogP contribution is -2.46. The lowest BCUT2D eigenvalue weighted by molar-refractivity contribution is 0.296. The van der Waals surface area contributed by atoms with Crippen molar-refractivity contribution in [2.75, 3.05) is 20.1 Å². The molecule has 1 aliphatic carbocycles. The van der Waals surface area contributed by atoms with Gasteiger partial charge in [-0.25, -0.2) is 0 Å². The molecule has 0 aromatic carbocycles. The Morgan fingerprint density at radius 2 is 2.15 bits per heavy atom. The molecule has 7 heteroatoms. The van der Waals surface area contributed by atoms with Crippen molar-refractivity contribution in [3.63, 3.8) is 0 Å². The highest BCUT2D eigenvalue weighted by Crippen LogP contribution is 2.41. The maximum absolute atomic E-state index is 4.40. The van der Waals surface area contributed by atoms with E-state index in [1.165, 1.54) is 37.0 Å². The van der Waals surface area contributed by atoms with Gasteiger partial charge in [0, 0.05) is 43.4 Å². The van der Waals surface area contributed by atoms with Crippen LogP contribution in [0.25, 0.3) is 0 Å². The standard InChI is InChI=1S/C19H30N6S/c1-3-17-24-23-15-25(17)12-11-21-18(20-2)22-14-19(9-5-4-6-10-19)16-8-7-13-26-16/h7-8,13,15H,3-6,9-12,14H2,1-2H3,(H2,20,21,22). The Hall–Kier alpha value is -1.89. The molecule has 2 aromatic heterocycles. The first kappa shape index (κ1) is 18.9. The topological polar surface area (TPSA) is 67.1 Å². The number of rotatable bonds is 7. The van der Waals surface area contributed by atoms with Gasteiger partial charge in [-0.3, -0.25) is 4.99 Å². The number of guanidine groups is 1. The normalized spacial score (nSPS) is 17.2. The van der Waals surface area contributed by atoms with E-state index >= 15 is 0 Å². The molecular weight excluding hydrogens is 344 g/mol. The Balaban J connectivity index is 1.54. The Kier molecular flexibility index (Phi) is 6.66. The summed E-state index contributed by atoms with van der Waals surface area (Å²) < 4.78 is 2.09. The van der Waals surface area contributed by atoms with Crippen molar-refractivity contribution in [3.05, 3.63) is 34.5 Å². The Bertz CT molecular complexity index is 685. The second-order valence-corrected chi connectivity index (χ2v) is 7.91. The lowest BCUT2D eigenvalue weighted by Gasteiger charge is -2.37. The molecule has 0 saturated heterocycles. The molecule has 1 aliphatic rings. The third kappa shape index (κ3) is 4.44. The van der Waals surface area contributed by atoms with E-state index in [9.17, 15) is 0 Å². The molecule has 2 N–H and O–H groups in total. The van der Waals surface area contributed by atoms with Gasteiger partial charge in [-0.05, 0) is 24.3 Å². The van der Waals surface area contributed by atoms with E-state index in [1.807, 2.05) is 18.4 Å². The van der Waals surface area contributed by atoms with Crippen molar-refractivity contribution in [2.45, 2.75) is 57.4 Å². The summed E-state index contributed by atoms with van der Waals surface area (Å²) in [6.07, 6.45) is 9.22. The summed E-state index contributed by atoms with van der Waals surface area (Å²) in [6, 6.07) is 4.47. The second kappa shape index (κ2) is 9.16. The van der Waals surface area contributed by atoms with Crippen LogP contribution in [0.2, 0.25) is 0 Å². The van der Waals surface area contributed by atoms with Crippen LogP contribution in [0.1, 0.15) is 49.7 Å². The van der Waals surface area contributed by atoms with E-state index in [0.717, 1.165) is 37.8 Å². The minimum Gasteiger partial charge on any atom is -0.355 e. The predicted molar refractivity (Wildman–Crippen MR) is 108 cm³/mol. The van der Waals surface area contributed by atoms with Crippen LogP contribution in [0.3, 0.4) is 0 Å². The van der Waals surface area contributed by atoms with Gasteiger partial charge in [0.15, 0.2) is 5.96 Å². The average molecular weight is 375 g/mol. The molecule has 3 rings (SSSR count). The zero-order valence-electron chi connectivity index (χ0n) is 15.9. The molecule has 0 spiro atoms. The number of aromatic nitrogens is 3. The summed E-state index contributed by atoms with van der Waals surface area (Å²) in [7, 11) is 1.84.